The lowest BCUT2D eigenvalue weighted by molar-refractivity contribution is 0.160. The van der Waals surface area contributed by atoms with Crippen LogP contribution in [0.5, 0.6) is 5.75 Å². The summed E-state index contributed by atoms with van der Waals surface area (Å²) >= 11 is 0. The molecule has 0 aromatic heterocycles. The molecule has 1 saturated heterocycles. The summed E-state index contributed by atoms with van der Waals surface area (Å²) in [4.78, 5) is 2.53. The van der Waals surface area contributed by atoms with Gasteiger partial charge in [-0.2, -0.15) is 0 Å². The van der Waals surface area contributed by atoms with Crippen LogP contribution in [-0.2, 0) is 0 Å². The molecule has 1 heterocycles. The summed E-state index contributed by atoms with van der Waals surface area (Å²) in [6, 6.07) is 5.74. The predicted molar refractivity (Wildman–Crippen MR) is 84.7 cm³/mol. The highest BCUT2D eigenvalue weighted by atomic mass is 35.5. The molecule has 2 fully saturated rings. The molecular weight excluding hydrogens is 291 g/mol. The van der Waals surface area contributed by atoms with Crippen molar-refractivity contribution in [2.45, 2.75) is 25.3 Å². The van der Waals surface area contributed by atoms with Gasteiger partial charge in [0.05, 0.1) is 7.11 Å². The van der Waals surface area contributed by atoms with Crippen LogP contribution in [0.4, 0.5) is 4.39 Å². The van der Waals surface area contributed by atoms with E-state index in [4.69, 9.17) is 4.74 Å². The van der Waals surface area contributed by atoms with Gasteiger partial charge in [0.25, 0.3) is 0 Å². The molecule has 0 amide bonds. The number of nitrogens with one attached hydrogen (secondary N) is 1. The Morgan fingerprint density at radius 1 is 1.33 bits per heavy atom. The second kappa shape index (κ2) is 7.43. The first-order valence-corrected chi connectivity index (χ1v) is 7.56. The highest BCUT2D eigenvalue weighted by Gasteiger charge is 2.30. The van der Waals surface area contributed by atoms with Gasteiger partial charge in [-0.1, -0.05) is 18.9 Å². The van der Waals surface area contributed by atoms with Crippen LogP contribution in [0.1, 0.15) is 30.9 Å². The van der Waals surface area contributed by atoms with Crippen LogP contribution >= 0.6 is 12.4 Å². The zero-order valence-corrected chi connectivity index (χ0v) is 13.3. The first-order chi connectivity index (χ1) is 9.78. The van der Waals surface area contributed by atoms with Crippen LogP contribution in [0.15, 0.2) is 18.2 Å². The van der Waals surface area contributed by atoms with Crippen molar-refractivity contribution in [3.8, 4) is 5.75 Å². The molecule has 1 aliphatic carbocycles. The van der Waals surface area contributed by atoms with Crippen molar-refractivity contribution in [2.75, 3.05) is 33.3 Å². The lowest BCUT2D eigenvalue weighted by Crippen LogP contribution is -2.45. The fourth-order valence-corrected chi connectivity index (χ4v) is 3.04. The second-order valence-electron chi connectivity index (χ2n) is 5.87. The highest BCUT2D eigenvalue weighted by molar-refractivity contribution is 5.85. The van der Waals surface area contributed by atoms with Crippen molar-refractivity contribution in [2.24, 2.45) is 5.92 Å². The highest BCUT2D eigenvalue weighted by Crippen LogP contribution is 2.40. The monoisotopic (exact) mass is 314 g/mol. The Bertz CT molecular complexity index is 462. The third-order valence-corrected chi connectivity index (χ3v) is 4.41. The molecule has 1 aliphatic heterocycles. The van der Waals surface area contributed by atoms with Crippen LogP contribution in [0, 0.1) is 11.7 Å². The minimum absolute atomic E-state index is 0. The third kappa shape index (κ3) is 4.09. The van der Waals surface area contributed by atoms with E-state index in [0.29, 0.717) is 11.8 Å². The lowest BCUT2D eigenvalue weighted by atomic mass is 9.98. The number of hydrogen-bond donors (Lipinski definition) is 1. The molecule has 0 unspecified atom stereocenters. The summed E-state index contributed by atoms with van der Waals surface area (Å²) in [6.45, 7) is 4.22. The van der Waals surface area contributed by atoms with Crippen molar-refractivity contribution >= 4 is 12.4 Å². The molecular formula is C16H24ClFN2O. The van der Waals surface area contributed by atoms with Crippen LogP contribution < -0.4 is 10.1 Å². The zero-order chi connectivity index (χ0) is 13.9. The maximum Gasteiger partial charge on any atom is 0.165 e. The average Bonchev–Trinajstić information content (AvgIpc) is 3.30. The fraction of sp³-hybridized carbons (Fsp3) is 0.625. The largest absolute Gasteiger partial charge is 0.494 e. The van der Waals surface area contributed by atoms with E-state index in [1.807, 2.05) is 12.1 Å². The van der Waals surface area contributed by atoms with Crippen LogP contribution in [0.3, 0.4) is 0 Å². The maximum absolute atomic E-state index is 13.6. The van der Waals surface area contributed by atoms with E-state index in [1.54, 1.807) is 0 Å². The third-order valence-electron chi connectivity index (χ3n) is 4.41. The Morgan fingerprint density at radius 3 is 2.67 bits per heavy atom. The van der Waals surface area contributed by atoms with Gasteiger partial charge in [-0.05, 0) is 30.0 Å². The van der Waals surface area contributed by atoms with Crippen LogP contribution in [-0.4, -0.2) is 38.2 Å². The predicted octanol–water partition coefficient (Wildman–Crippen LogP) is 3.00. The van der Waals surface area contributed by atoms with Crippen LogP contribution in [0.2, 0.25) is 0 Å². The molecule has 1 aromatic carbocycles. The van der Waals surface area contributed by atoms with E-state index in [2.05, 4.69) is 10.2 Å². The van der Waals surface area contributed by atoms with E-state index < -0.39 is 0 Å². The van der Waals surface area contributed by atoms with Crippen molar-refractivity contribution < 1.29 is 9.13 Å². The number of hydrogen-bond acceptors (Lipinski definition) is 3. The quantitative estimate of drug-likeness (QED) is 0.904. The Labute approximate surface area is 132 Å². The topological polar surface area (TPSA) is 24.5 Å². The molecule has 21 heavy (non-hydrogen) atoms. The van der Waals surface area contributed by atoms with Gasteiger partial charge in [0.15, 0.2) is 11.6 Å². The summed E-state index contributed by atoms with van der Waals surface area (Å²) in [5.74, 6) is 0.936. The number of piperazine rings is 1. The number of ether oxygens (including phenoxy) is 1. The summed E-state index contributed by atoms with van der Waals surface area (Å²) in [7, 11) is 1.53. The number of benzene rings is 1. The van der Waals surface area contributed by atoms with Gasteiger partial charge in [0, 0.05) is 32.2 Å². The van der Waals surface area contributed by atoms with Gasteiger partial charge in [-0.15, -0.1) is 12.4 Å². The van der Waals surface area contributed by atoms with E-state index >= 15 is 0 Å². The molecule has 3 rings (SSSR count). The maximum atomic E-state index is 13.6. The molecule has 1 saturated carbocycles. The van der Waals surface area contributed by atoms with Gasteiger partial charge in [0.1, 0.15) is 0 Å². The fourth-order valence-electron chi connectivity index (χ4n) is 3.04. The SMILES string of the molecule is COc1cc([C@@H](CC2CC2)N2CCNCC2)ccc1F.Cl. The van der Waals surface area contributed by atoms with Crippen molar-refractivity contribution in [1.82, 2.24) is 10.2 Å². The van der Waals surface area contributed by atoms with Gasteiger partial charge in [0.2, 0.25) is 0 Å². The van der Waals surface area contributed by atoms with E-state index in [-0.39, 0.29) is 18.2 Å². The van der Waals surface area contributed by atoms with Gasteiger partial charge in [-0.25, -0.2) is 4.39 Å². The average molecular weight is 315 g/mol. The van der Waals surface area contributed by atoms with Gasteiger partial charge < -0.3 is 10.1 Å². The molecule has 1 N–H and O–H groups in total. The Balaban J connectivity index is 0.00000161. The zero-order valence-electron chi connectivity index (χ0n) is 12.5. The first-order valence-electron chi connectivity index (χ1n) is 7.56. The summed E-state index contributed by atoms with van der Waals surface area (Å²) in [5, 5.41) is 3.40. The molecule has 1 aromatic rings. The normalized spacial score (nSPS) is 20.7. The van der Waals surface area contributed by atoms with Crippen molar-refractivity contribution in [3.63, 3.8) is 0 Å². The minimum Gasteiger partial charge on any atom is -0.494 e. The van der Waals surface area contributed by atoms with Crippen molar-refractivity contribution in [3.05, 3.63) is 29.6 Å². The van der Waals surface area contributed by atoms with E-state index in [0.717, 1.165) is 32.1 Å². The Morgan fingerprint density at radius 2 is 2.05 bits per heavy atom. The summed E-state index contributed by atoms with van der Waals surface area (Å²) in [6.07, 6.45) is 3.89. The minimum atomic E-state index is -0.276. The summed E-state index contributed by atoms with van der Waals surface area (Å²) < 4.78 is 18.7. The van der Waals surface area contributed by atoms with Gasteiger partial charge in [-0.3, -0.25) is 4.90 Å². The van der Waals surface area contributed by atoms with Crippen molar-refractivity contribution in [1.29, 1.82) is 0 Å². The molecule has 5 heteroatoms. The standard InChI is InChI=1S/C16H23FN2O.ClH/c1-20-16-11-13(4-5-14(16)17)15(10-12-2-3-12)19-8-6-18-7-9-19;/h4-5,11-12,15,18H,2-3,6-10H2,1H3;1H/t15-;/m1./s1. The molecule has 0 spiro atoms. The number of rotatable bonds is 5. The molecule has 0 radical (unpaired) electrons. The molecule has 1 atom stereocenters. The number of nitrogens with zero attached hydrogens (tertiary/aromatic N) is 1. The van der Waals surface area contributed by atoms with E-state index in [1.165, 1.54) is 38.0 Å². The molecule has 2 aliphatic rings. The summed E-state index contributed by atoms with van der Waals surface area (Å²) in [5.41, 5.74) is 1.19. The molecule has 3 nitrogen and oxygen atoms in total. The lowest BCUT2D eigenvalue weighted by Gasteiger charge is -2.35. The van der Waals surface area contributed by atoms with Crippen LogP contribution in [0.25, 0.3) is 0 Å². The van der Waals surface area contributed by atoms with E-state index in [9.17, 15) is 4.39 Å². The first kappa shape index (κ1) is 16.5. The Kier molecular flexibility index (Phi) is 5.85. The van der Waals surface area contributed by atoms with Gasteiger partial charge >= 0.3 is 0 Å². The Hall–Kier alpha value is -0.840. The number of halogens is 2. The molecule has 118 valence electrons. The smallest absolute Gasteiger partial charge is 0.165 e. The molecule has 0 bridgehead atoms. The number of methoxy groups -OCH3 is 1. The second-order valence-corrected chi connectivity index (χ2v) is 5.87.